The average Bonchev–Trinajstić information content (AvgIpc) is 3.51. The van der Waals surface area contributed by atoms with Crippen LogP contribution in [0.4, 0.5) is 4.79 Å². The van der Waals surface area contributed by atoms with Gasteiger partial charge in [-0.3, -0.25) is 4.90 Å². The summed E-state index contributed by atoms with van der Waals surface area (Å²) in [5.74, 6) is 2.53. The summed E-state index contributed by atoms with van der Waals surface area (Å²) in [6.45, 7) is 5.62. The number of carbonyl (C=O) groups excluding carboxylic acids is 1. The fourth-order valence-corrected chi connectivity index (χ4v) is 4.09. The van der Waals surface area contributed by atoms with E-state index in [-0.39, 0.29) is 12.1 Å². The lowest BCUT2D eigenvalue weighted by Crippen LogP contribution is -2.55. The molecule has 2 heterocycles. The zero-order chi connectivity index (χ0) is 16.7. The fourth-order valence-electron chi connectivity index (χ4n) is 4.09. The molecule has 3 aliphatic rings. The number of aromatic nitrogens is 2. The van der Waals surface area contributed by atoms with Gasteiger partial charge >= 0.3 is 6.03 Å². The first-order valence-corrected chi connectivity index (χ1v) is 9.44. The van der Waals surface area contributed by atoms with Crippen molar-refractivity contribution in [2.24, 2.45) is 18.9 Å². The third-order valence-electron chi connectivity index (χ3n) is 5.89. The van der Waals surface area contributed by atoms with Crippen LogP contribution >= 0.6 is 0 Å². The zero-order valence-electron chi connectivity index (χ0n) is 14.8. The minimum absolute atomic E-state index is 0.133. The van der Waals surface area contributed by atoms with Gasteiger partial charge in [-0.05, 0) is 44.1 Å². The minimum atomic E-state index is 0.133. The van der Waals surface area contributed by atoms with Gasteiger partial charge in [0.1, 0.15) is 5.82 Å². The van der Waals surface area contributed by atoms with Gasteiger partial charge in [-0.1, -0.05) is 6.92 Å². The highest BCUT2D eigenvalue weighted by atomic mass is 16.2. The van der Waals surface area contributed by atoms with E-state index >= 15 is 0 Å². The van der Waals surface area contributed by atoms with E-state index in [0.29, 0.717) is 6.04 Å². The monoisotopic (exact) mass is 331 g/mol. The normalized spacial score (nSPS) is 25.3. The molecule has 0 radical (unpaired) electrons. The molecule has 1 aromatic heterocycles. The number of nitrogens with zero attached hydrogens (tertiary/aromatic N) is 4. The Labute approximate surface area is 144 Å². The lowest BCUT2D eigenvalue weighted by molar-refractivity contribution is 0.0860. The molecule has 4 rings (SSSR count). The maximum atomic E-state index is 12.8. The third-order valence-corrected chi connectivity index (χ3v) is 5.89. The van der Waals surface area contributed by atoms with Crippen molar-refractivity contribution in [1.29, 1.82) is 0 Å². The van der Waals surface area contributed by atoms with Gasteiger partial charge in [-0.2, -0.15) is 0 Å². The first-order chi connectivity index (χ1) is 11.7. The molecule has 0 bridgehead atoms. The smallest absolute Gasteiger partial charge is 0.317 e. The molecular formula is C18H29N5O. The van der Waals surface area contributed by atoms with Crippen molar-refractivity contribution in [2.45, 2.75) is 44.7 Å². The summed E-state index contributed by atoms with van der Waals surface area (Å²) >= 11 is 0. The van der Waals surface area contributed by atoms with Gasteiger partial charge in [0.25, 0.3) is 0 Å². The molecule has 1 saturated heterocycles. The van der Waals surface area contributed by atoms with Gasteiger partial charge in [0.05, 0.1) is 6.04 Å². The molecular weight excluding hydrogens is 302 g/mol. The van der Waals surface area contributed by atoms with E-state index in [1.54, 1.807) is 0 Å². The molecule has 132 valence electrons. The molecule has 3 fully saturated rings. The van der Waals surface area contributed by atoms with Crippen molar-refractivity contribution in [2.75, 3.05) is 26.2 Å². The molecule has 1 aliphatic heterocycles. The molecule has 2 aliphatic carbocycles. The number of piperazine rings is 1. The predicted molar refractivity (Wildman–Crippen MR) is 92.5 cm³/mol. The highest BCUT2D eigenvalue weighted by Gasteiger charge is 2.43. The van der Waals surface area contributed by atoms with Crippen molar-refractivity contribution in [3.63, 3.8) is 0 Å². The van der Waals surface area contributed by atoms with Crippen LogP contribution in [0, 0.1) is 11.8 Å². The number of urea groups is 1. The molecule has 1 N–H and O–H groups in total. The molecule has 1 aromatic rings. The van der Waals surface area contributed by atoms with Crippen LogP contribution in [0.3, 0.4) is 0 Å². The highest BCUT2D eigenvalue weighted by Crippen LogP contribution is 2.44. The number of likely N-dealkylation sites (N-methyl/N-ethyl adjacent to an activating group) is 1. The summed E-state index contributed by atoms with van der Waals surface area (Å²) in [6.07, 6.45) is 9.00. The molecule has 24 heavy (non-hydrogen) atoms. The van der Waals surface area contributed by atoms with E-state index in [9.17, 15) is 4.79 Å². The van der Waals surface area contributed by atoms with Gasteiger partial charge in [-0.15, -0.1) is 0 Å². The van der Waals surface area contributed by atoms with Gasteiger partial charge in [-0.25, -0.2) is 9.78 Å². The molecule has 6 heteroatoms. The van der Waals surface area contributed by atoms with Gasteiger partial charge in [0.15, 0.2) is 0 Å². The molecule has 0 spiro atoms. The third kappa shape index (κ3) is 3.16. The Balaban J connectivity index is 1.43. The maximum absolute atomic E-state index is 12.8. The van der Waals surface area contributed by atoms with Crippen molar-refractivity contribution in [3.05, 3.63) is 18.2 Å². The van der Waals surface area contributed by atoms with E-state index in [0.717, 1.165) is 43.8 Å². The SMILES string of the molecule is CCN1CCN(C(=O)NC(C2CC2)C2CC2)C[C@H]1c1nccn1C. The van der Waals surface area contributed by atoms with E-state index < -0.39 is 0 Å². The quantitative estimate of drug-likeness (QED) is 0.898. The lowest BCUT2D eigenvalue weighted by Gasteiger charge is -2.41. The Bertz CT molecular complexity index is 580. The number of hydrogen-bond acceptors (Lipinski definition) is 3. The van der Waals surface area contributed by atoms with Crippen molar-refractivity contribution < 1.29 is 4.79 Å². The minimum Gasteiger partial charge on any atom is -0.337 e. The number of hydrogen-bond donors (Lipinski definition) is 1. The summed E-state index contributed by atoms with van der Waals surface area (Å²) < 4.78 is 2.08. The van der Waals surface area contributed by atoms with E-state index in [1.165, 1.54) is 25.7 Å². The number of imidazole rings is 1. The summed E-state index contributed by atoms with van der Waals surface area (Å²) in [5.41, 5.74) is 0. The number of aryl methyl sites for hydroxylation is 1. The van der Waals surface area contributed by atoms with Gasteiger partial charge < -0.3 is 14.8 Å². The standard InChI is InChI=1S/C18H29N5O/c1-3-22-10-11-23(12-15(22)17-19-8-9-21(17)2)18(24)20-16(13-4-5-13)14-6-7-14/h8-9,13-16H,3-7,10-12H2,1-2H3,(H,20,24)/t15-/m0/s1. The molecule has 1 atom stereocenters. The average molecular weight is 331 g/mol. The van der Waals surface area contributed by atoms with Crippen LogP contribution < -0.4 is 5.32 Å². The van der Waals surface area contributed by atoms with Crippen LogP contribution in [0.5, 0.6) is 0 Å². The van der Waals surface area contributed by atoms with Crippen LogP contribution in [-0.4, -0.2) is 57.6 Å². The summed E-state index contributed by atoms with van der Waals surface area (Å²) in [5, 5.41) is 3.37. The zero-order valence-corrected chi connectivity index (χ0v) is 14.8. The first-order valence-electron chi connectivity index (χ1n) is 9.44. The van der Waals surface area contributed by atoms with E-state index in [1.807, 2.05) is 24.3 Å². The largest absolute Gasteiger partial charge is 0.337 e. The second kappa shape index (κ2) is 6.39. The fraction of sp³-hybridized carbons (Fsp3) is 0.778. The Kier molecular flexibility index (Phi) is 4.24. The van der Waals surface area contributed by atoms with Crippen LogP contribution in [0.15, 0.2) is 12.4 Å². The van der Waals surface area contributed by atoms with E-state index in [2.05, 4.69) is 26.7 Å². The van der Waals surface area contributed by atoms with Crippen molar-refractivity contribution in [3.8, 4) is 0 Å². The lowest BCUT2D eigenvalue weighted by atomic mass is 10.1. The van der Waals surface area contributed by atoms with Gasteiger partial charge in [0.2, 0.25) is 0 Å². The highest BCUT2D eigenvalue weighted by molar-refractivity contribution is 5.75. The molecule has 2 saturated carbocycles. The molecule has 0 aromatic carbocycles. The van der Waals surface area contributed by atoms with Crippen molar-refractivity contribution in [1.82, 2.24) is 24.7 Å². The second-order valence-corrected chi connectivity index (χ2v) is 7.64. The Morgan fingerprint density at radius 3 is 2.54 bits per heavy atom. The van der Waals surface area contributed by atoms with Crippen LogP contribution in [0.25, 0.3) is 0 Å². The maximum Gasteiger partial charge on any atom is 0.317 e. The van der Waals surface area contributed by atoms with Crippen molar-refractivity contribution >= 4 is 6.03 Å². The van der Waals surface area contributed by atoms with Gasteiger partial charge in [0, 0.05) is 45.1 Å². The number of amides is 2. The Hall–Kier alpha value is -1.56. The summed E-state index contributed by atoms with van der Waals surface area (Å²) in [6, 6.07) is 0.747. The van der Waals surface area contributed by atoms with E-state index in [4.69, 9.17) is 0 Å². The number of nitrogens with one attached hydrogen (secondary N) is 1. The van der Waals surface area contributed by atoms with Crippen LogP contribution in [-0.2, 0) is 7.05 Å². The molecule has 6 nitrogen and oxygen atoms in total. The summed E-state index contributed by atoms with van der Waals surface area (Å²) in [4.78, 5) is 21.8. The number of carbonyl (C=O) groups is 1. The Morgan fingerprint density at radius 1 is 1.29 bits per heavy atom. The molecule has 2 amide bonds. The summed E-state index contributed by atoms with van der Waals surface area (Å²) in [7, 11) is 2.03. The predicted octanol–water partition coefficient (Wildman–Crippen LogP) is 2.00. The van der Waals surface area contributed by atoms with Crippen LogP contribution in [0.1, 0.15) is 44.5 Å². The first kappa shape index (κ1) is 15.9. The van der Waals surface area contributed by atoms with Crippen LogP contribution in [0.2, 0.25) is 0 Å². The number of rotatable bonds is 5. The Morgan fingerprint density at radius 2 is 2.00 bits per heavy atom. The topological polar surface area (TPSA) is 53.4 Å². The molecule has 0 unspecified atom stereocenters. The second-order valence-electron chi connectivity index (χ2n) is 7.64.